The zero-order valence-corrected chi connectivity index (χ0v) is 45.0. The summed E-state index contributed by atoms with van der Waals surface area (Å²) in [6.45, 7) is 23.2. The quantitative estimate of drug-likeness (QED) is 0.0705. The average Bonchev–Trinajstić information content (AvgIpc) is 4.44. The van der Waals surface area contributed by atoms with Crippen molar-refractivity contribution in [3.63, 3.8) is 0 Å². The van der Waals surface area contributed by atoms with Crippen molar-refractivity contribution in [3.05, 3.63) is 91.3 Å². The number of carbonyl (C=O) groups is 3. The fourth-order valence-electron chi connectivity index (χ4n) is 10.2. The predicted octanol–water partition coefficient (Wildman–Crippen LogP) is 3.93. The molecule has 2 saturated carbocycles. The fourth-order valence-corrected chi connectivity index (χ4v) is 10.2. The zero-order valence-electron chi connectivity index (χ0n) is 45.0. The minimum absolute atomic E-state index is 0.0317. The van der Waals surface area contributed by atoms with E-state index in [9.17, 15) is 38.6 Å². The number of benzene rings is 2. The van der Waals surface area contributed by atoms with Gasteiger partial charge in [-0.1, -0.05) is 6.92 Å². The van der Waals surface area contributed by atoms with Gasteiger partial charge >= 0.3 is 24.2 Å². The molecule has 6 aliphatic rings. The summed E-state index contributed by atoms with van der Waals surface area (Å²) in [4.78, 5) is 92.5. The van der Waals surface area contributed by atoms with Gasteiger partial charge in [-0.2, -0.15) is 9.59 Å². The van der Waals surface area contributed by atoms with E-state index in [-0.39, 0.29) is 65.0 Å². The molecule has 0 atom stereocenters. The number of amidine groups is 3. The maximum Gasteiger partial charge on any atom is 0.409 e. The summed E-state index contributed by atoms with van der Waals surface area (Å²) in [7, 11) is 0. The van der Waals surface area contributed by atoms with Gasteiger partial charge in [-0.25, -0.2) is 29.7 Å². The molecule has 0 radical (unpaired) electrons. The first kappa shape index (κ1) is 59.4. The number of nitrogens with one attached hydrogen (secondary N) is 4. The molecule has 10 rings (SSSR count). The third-order valence-electron chi connectivity index (χ3n) is 15.0. The van der Waals surface area contributed by atoms with Gasteiger partial charge in [0.25, 0.3) is 6.54 Å². The van der Waals surface area contributed by atoms with Crippen LogP contribution in [0.25, 0.3) is 26.7 Å². The Morgan fingerprint density at radius 2 is 1.05 bits per heavy atom. The molecule has 1 amide bonds. The molecule has 80 heavy (non-hydrogen) atoms. The Bertz CT molecular complexity index is 3170. The van der Waals surface area contributed by atoms with Crippen LogP contribution in [0.5, 0.6) is 0 Å². The number of hydrogen-bond donors (Lipinski definition) is 6. The number of piperazine rings is 4. The summed E-state index contributed by atoms with van der Waals surface area (Å²) >= 11 is 0. The lowest BCUT2D eigenvalue weighted by Gasteiger charge is -2.39. The highest BCUT2D eigenvalue weighted by Crippen LogP contribution is 2.39. The summed E-state index contributed by atoms with van der Waals surface area (Å²) in [5.74, 6) is -2.58. The Kier molecular flexibility index (Phi) is 20.1. The van der Waals surface area contributed by atoms with E-state index in [1.807, 2.05) is 26.5 Å². The molecule has 0 spiro atoms. The Hall–Kier alpha value is -8.27. The Balaban J connectivity index is 0.000000190. The molecule has 26 heteroatoms. The van der Waals surface area contributed by atoms with E-state index in [0.717, 1.165) is 90.7 Å². The number of rotatable bonds is 11. The predicted molar refractivity (Wildman–Crippen MR) is 294 cm³/mol. The van der Waals surface area contributed by atoms with Crippen LogP contribution in [0, 0.1) is 34.4 Å². The Labute approximate surface area is 460 Å². The van der Waals surface area contributed by atoms with Crippen LogP contribution in [0.15, 0.2) is 46.2 Å². The highest BCUT2D eigenvalue weighted by molar-refractivity contribution is 6.00. The molecular formula is C54H68F2N14O10. The number of fused-ring (bicyclic) bond motifs is 2. The van der Waals surface area contributed by atoms with E-state index in [1.54, 1.807) is 26.2 Å². The van der Waals surface area contributed by atoms with Crippen LogP contribution in [-0.2, 0) is 14.3 Å². The van der Waals surface area contributed by atoms with Crippen LogP contribution >= 0.6 is 0 Å². The highest BCUT2D eigenvalue weighted by atomic mass is 19.1. The number of ether oxygens (including phenoxy) is 1. The van der Waals surface area contributed by atoms with Gasteiger partial charge in [0.1, 0.15) is 34.4 Å². The van der Waals surface area contributed by atoms with Crippen LogP contribution in [0.2, 0.25) is 0 Å². The van der Waals surface area contributed by atoms with Gasteiger partial charge in [0.2, 0.25) is 10.9 Å². The first-order valence-corrected chi connectivity index (χ1v) is 26.8. The first-order chi connectivity index (χ1) is 38.4. The number of carboxylic acids is 2. The highest BCUT2D eigenvalue weighted by Gasteiger charge is 2.32. The second kappa shape index (κ2) is 27.1. The lowest BCUT2D eigenvalue weighted by molar-refractivity contribution is -0.191. The standard InChI is InChI=1S/C26H34FN7O3.C20H20FN5O3.C7H14N2O2.CO2/c1-2-30-5-7-32(8-6-30)23(28)15-24(29)33-11-9-31(10-12-33)22-14-21-18(13-20(22)27)25(35)19(26(36)37)16-34(21)17-3-4-17;1-23-10-18(22)25-6-4-24(5-7-25)17-9-16-13(8-15(17)21)19(27)14(20(28)29)11-26(16)12-2-3-12;1-2-11-7(10)9-5-3-8-4-6-9;2-1-3/h13-14,16-17,28-29H,2-12,15H2,1H3,(H,36,37);8-9,11-12,22H,2-7,10H2,(H,28,29);8H,2-6H2,1H3;. The molecular weight excluding hydrogens is 1040 g/mol. The van der Waals surface area contributed by atoms with E-state index in [1.165, 1.54) is 18.5 Å². The number of pyridine rings is 2. The third kappa shape index (κ3) is 14.3. The van der Waals surface area contributed by atoms with Crippen molar-refractivity contribution in [2.45, 2.75) is 58.0 Å². The molecule has 4 aromatic rings. The maximum absolute atomic E-state index is 15.2. The lowest BCUT2D eigenvalue weighted by Crippen LogP contribution is -2.51. The van der Waals surface area contributed by atoms with Gasteiger partial charge in [0.15, 0.2) is 5.84 Å². The molecule has 2 aromatic carbocycles. The van der Waals surface area contributed by atoms with E-state index in [2.05, 4.69) is 26.9 Å². The summed E-state index contributed by atoms with van der Waals surface area (Å²) < 4.78 is 38.6. The van der Waals surface area contributed by atoms with Crippen LogP contribution in [-0.4, -0.2) is 210 Å². The molecule has 428 valence electrons. The minimum atomic E-state index is -1.31. The second-order valence-electron chi connectivity index (χ2n) is 20.0. The van der Waals surface area contributed by atoms with Gasteiger partial charge in [-0.3, -0.25) is 25.8 Å². The van der Waals surface area contributed by atoms with Crippen molar-refractivity contribution in [1.82, 2.24) is 39.0 Å². The lowest BCUT2D eigenvalue weighted by atomic mass is 10.1. The van der Waals surface area contributed by atoms with Crippen molar-refractivity contribution in [3.8, 4) is 0 Å². The van der Waals surface area contributed by atoms with Crippen molar-refractivity contribution < 1.29 is 47.7 Å². The van der Waals surface area contributed by atoms with E-state index < -0.39 is 34.4 Å². The third-order valence-corrected chi connectivity index (χ3v) is 15.0. The van der Waals surface area contributed by atoms with Crippen LogP contribution in [0.4, 0.5) is 25.0 Å². The second-order valence-corrected chi connectivity index (χ2v) is 20.0. The summed E-state index contributed by atoms with van der Waals surface area (Å²) in [5.41, 5.74) is -0.167. The minimum Gasteiger partial charge on any atom is -0.477 e. The van der Waals surface area contributed by atoms with Gasteiger partial charge in [-0.15, -0.1) is 0 Å². The number of carboxylic acid groups (broad SMARTS) is 2. The first-order valence-electron chi connectivity index (χ1n) is 26.8. The van der Waals surface area contributed by atoms with Crippen molar-refractivity contribution in [1.29, 1.82) is 16.2 Å². The molecule has 4 saturated heterocycles. The van der Waals surface area contributed by atoms with E-state index >= 15 is 4.39 Å². The molecule has 6 N–H and O–H groups in total. The number of carbonyl (C=O) groups excluding carboxylic acids is 3. The topological polar surface area (TPSA) is 290 Å². The molecule has 6 fully saturated rings. The van der Waals surface area contributed by atoms with Gasteiger partial charge in [-0.05, 0) is 63.4 Å². The SMILES string of the molecule is CCN1CCN(C(=N)CC(=N)N2CCN(c3cc4c(cc3F)c(=O)c(C(=O)O)cn4C3CC3)CC2)CC1.CCOC(=O)N1CCNCC1.O=C=O.[C-]#[N+]CC(=N)N1CCN(c2cc3c(cc2F)c(=O)c(C(=O)O)cn3C2CC2)CC1. The van der Waals surface area contributed by atoms with Gasteiger partial charge in [0.05, 0.1) is 35.4 Å². The number of hydrogen-bond acceptors (Lipinski definition) is 15. The number of aromatic nitrogens is 2. The Morgan fingerprint density at radius 3 is 1.41 bits per heavy atom. The van der Waals surface area contributed by atoms with Crippen molar-refractivity contribution in [2.75, 3.05) is 134 Å². The van der Waals surface area contributed by atoms with Crippen LogP contribution < -0.4 is 26.0 Å². The molecule has 2 aromatic heterocycles. The fraction of sp³-hybridized carbons (Fsp3) is 0.519. The molecule has 24 nitrogen and oxygen atoms in total. The normalized spacial score (nSPS) is 17.4. The molecule has 2 aliphatic carbocycles. The number of anilines is 2. The largest absolute Gasteiger partial charge is 0.477 e. The number of amides is 1. The average molecular weight is 1110 g/mol. The van der Waals surface area contributed by atoms with Gasteiger partial charge in [0, 0.05) is 140 Å². The summed E-state index contributed by atoms with van der Waals surface area (Å²) in [5, 5.41) is 47.0. The Morgan fingerprint density at radius 1 is 0.650 bits per heavy atom. The van der Waals surface area contributed by atoms with Crippen molar-refractivity contribution in [2.24, 2.45) is 0 Å². The zero-order chi connectivity index (χ0) is 57.8. The van der Waals surface area contributed by atoms with E-state index in [0.29, 0.717) is 93.0 Å². The number of halogens is 2. The van der Waals surface area contributed by atoms with Crippen LogP contribution in [0.3, 0.4) is 0 Å². The summed E-state index contributed by atoms with van der Waals surface area (Å²) in [6.07, 6.45) is 6.70. The maximum atomic E-state index is 15.2. The van der Waals surface area contributed by atoms with Crippen molar-refractivity contribution >= 4 is 74.9 Å². The monoisotopic (exact) mass is 1110 g/mol. The summed E-state index contributed by atoms with van der Waals surface area (Å²) in [6, 6.07) is 5.87. The van der Waals surface area contributed by atoms with E-state index in [4.69, 9.17) is 37.1 Å². The molecule has 6 heterocycles. The molecule has 4 aliphatic heterocycles. The smallest absolute Gasteiger partial charge is 0.409 e. The number of nitrogens with zero attached hydrogens (tertiary/aromatic N) is 10. The molecule has 0 bridgehead atoms. The number of aromatic carboxylic acids is 2. The molecule has 0 unspecified atom stereocenters. The van der Waals surface area contributed by atoms with Crippen LogP contribution in [0.1, 0.15) is 78.8 Å². The van der Waals surface area contributed by atoms with Gasteiger partial charge < -0.3 is 68.5 Å². The number of likely N-dealkylation sites (N-methyl/N-ethyl adjacent to an activating group) is 1.